The quantitative estimate of drug-likeness (QED) is 0.919. The van der Waals surface area contributed by atoms with E-state index in [0.29, 0.717) is 17.1 Å². The molecule has 2 aromatic rings. The Morgan fingerprint density at radius 2 is 2.00 bits per heavy atom. The van der Waals surface area contributed by atoms with Crippen molar-refractivity contribution in [2.24, 2.45) is 0 Å². The zero-order chi connectivity index (χ0) is 15.0. The molecule has 3 rings (SSSR count). The minimum absolute atomic E-state index is 0.249. The fraction of sp³-hybridized carbons (Fsp3) is 0.357. The van der Waals surface area contributed by atoms with Crippen LogP contribution in [0.4, 0.5) is 5.69 Å². The third-order valence-corrected chi connectivity index (χ3v) is 5.60. The maximum absolute atomic E-state index is 12.1. The van der Waals surface area contributed by atoms with Gasteiger partial charge in [0.05, 0.1) is 28.5 Å². The van der Waals surface area contributed by atoms with E-state index in [9.17, 15) is 8.42 Å². The Kier molecular flexibility index (Phi) is 3.67. The molecule has 5 nitrogen and oxygen atoms in total. The molecule has 0 saturated heterocycles. The van der Waals surface area contributed by atoms with E-state index in [1.165, 1.54) is 0 Å². The molecule has 1 saturated carbocycles. The highest BCUT2D eigenvalue weighted by atomic mass is 35.5. The third kappa shape index (κ3) is 2.91. The highest BCUT2D eigenvalue weighted by molar-refractivity contribution is 7.93. The van der Waals surface area contributed by atoms with Gasteiger partial charge in [-0.05, 0) is 43.5 Å². The highest BCUT2D eigenvalue weighted by Crippen LogP contribution is 2.31. The van der Waals surface area contributed by atoms with Crippen LogP contribution in [-0.2, 0) is 16.4 Å². The van der Waals surface area contributed by atoms with Crippen LogP contribution >= 0.6 is 11.6 Å². The Labute approximate surface area is 129 Å². The number of nitrogens with zero attached hydrogens (tertiary/aromatic N) is 2. The van der Waals surface area contributed by atoms with Crippen molar-refractivity contribution in [1.29, 1.82) is 0 Å². The molecule has 1 aliphatic carbocycles. The SMILES string of the molecule is CCc1c(NS(=O)(=O)C2CC2)cnn1-c1ccc(Cl)cc1. The number of aromatic nitrogens is 2. The second-order valence-corrected chi connectivity index (χ2v) is 7.49. The Hall–Kier alpha value is -1.53. The van der Waals surface area contributed by atoms with Gasteiger partial charge in [-0.1, -0.05) is 18.5 Å². The molecule has 1 fully saturated rings. The molecule has 0 spiro atoms. The first-order chi connectivity index (χ1) is 10.0. The van der Waals surface area contributed by atoms with Gasteiger partial charge in [0, 0.05) is 5.02 Å². The van der Waals surface area contributed by atoms with Crippen molar-refractivity contribution in [3.05, 3.63) is 41.2 Å². The lowest BCUT2D eigenvalue weighted by molar-refractivity contribution is 0.600. The molecule has 7 heteroatoms. The normalized spacial score (nSPS) is 15.1. The van der Waals surface area contributed by atoms with Crippen molar-refractivity contribution in [1.82, 2.24) is 9.78 Å². The van der Waals surface area contributed by atoms with E-state index in [0.717, 1.165) is 24.2 Å². The second kappa shape index (κ2) is 5.35. The Bertz CT molecular complexity index is 749. The van der Waals surface area contributed by atoms with E-state index in [-0.39, 0.29) is 5.25 Å². The van der Waals surface area contributed by atoms with Crippen molar-refractivity contribution in [3.8, 4) is 5.69 Å². The van der Waals surface area contributed by atoms with Crippen LogP contribution in [-0.4, -0.2) is 23.4 Å². The lowest BCUT2D eigenvalue weighted by atomic mass is 10.2. The van der Waals surface area contributed by atoms with E-state index in [1.807, 2.05) is 19.1 Å². The zero-order valence-corrected chi connectivity index (χ0v) is 13.2. The number of rotatable bonds is 5. The number of benzene rings is 1. The van der Waals surface area contributed by atoms with Crippen LogP contribution in [0.5, 0.6) is 0 Å². The fourth-order valence-corrected chi connectivity index (χ4v) is 3.75. The minimum Gasteiger partial charge on any atom is -0.280 e. The molecule has 1 heterocycles. The summed E-state index contributed by atoms with van der Waals surface area (Å²) >= 11 is 5.89. The van der Waals surface area contributed by atoms with Gasteiger partial charge in [-0.3, -0.25) is 4.72 Å². The number of nitrogens with one attached hydrogen (secondary N) is 1. The molecule has 0 amide bonds. The maximum atomic E-state index is 12.1. The van der Waals surface area contributed by atoms with Gasteiger partial charge in [0.15, 0.2) is 0 Å². The van der Waals surface area contributed by atoms with E-state index in [1.54, 1.807) is 23.0 Å². The van der Waals surface area contributed by atoms with Crippen LogP contribution in [0.3, 0.4) is 0 Å². The van der Waals surface area contributed by atoms with E-state index in [4.69, 9.17) is 11.6 Å². The van der Waals surface area contributed by atoms with Gasteiger partial charge in [0.2, 0.25) is 10.0 Å². The average molecular weight is 326 g/mol. The Balaban J connectivity index is 1.95. The maximum Gasteiger partial charge on any atom is 0.235 e. The van der Waals surface area contributed by atoms with Crippen molar-refractivity contribution in [3.63, 3.8) is 0 Å². The van der Waals surface area contributed by atoms with Crippen LogP contribution in [0.1, 0.15) is 25.5 Å². The summed E-state index contributed by atoms with van der Waals surface area (Å²) in [5, 5.41) is 4.70. The first kappa shape index (κ1) is 14.4. The predicted molar refractivity (Wildman–Crippen MR) is 83.5 cm³/mol. The predicted octanol–water partition coefficient (Wildman–Crippen LogP) is 2.99. The summed E-state index contributed by atoms with van der Waals surface area (Å²) < 4.78 is 28.5. The molecule has 112 valence electrons. The topological polar surface area (TPSA) is 64.0 Å². The first-order valence-corrected chi connectivity index (χ1v) is 8.78. The summed E-state index contributed by atoms with van der Waals surface area (Å²) in [6.07, 6.45) is 3.71. The van der Waals surface area contributed by atoms with E-state index in [2.05, 4.69) is 9.82 Å². The standard InChI is InChI=1S/C14H16ClN3O2S/c1-2-14-13(17-21(19,20)12-7-8-12)9-16-18(14)11-5-3-10(15)4-6-11/h3-6,9,12,17H,2,7-8H2,1H3. The summed E-state index contributed by atoms with van der Waals surface area (Å²) in [6, 6.07) is 7.28. The average Bonchev–Trinajstić information content (AvgIpc) is 3.23. The van der Waals surface area contributed by atoms with Gasteiger partial charge in [-0.2, -0.15) is 5.10 Å². The van der Waals surface area contributed by atoms with Crippen LogP contribution in [0.15, 0.2) is 30.5 Å². The Morgan fingerprint density at radius 1 is 1.33 bits per heavy atom. The van der Waals surface area contributed by atoms with E-state index >= 15 is 0 Å². The number of hydrogen-bond donors (Lipinski definition) is 1. The minimum atomic E-state index is -3.27. The largest absolute Gasteiger partial charge is 0.280 e. The Morgan fingerprint density at radius 3 is 2.57 bits per heavy atom. The molecule has 0 aliphatic heterocycles. The summed E-state index contributed by atoms with van der Waals surface area (Å²) in [4.78, 5) is 0. The molecule has 0 unspecified atom stereocenters. The molecule has 21 heavy (non-hydrogen) atoms. The lowest BCUT2D eigenvalue weighted by Crippen LogP contribution is -2.18. The zero-order valence-electron chi connectivity index (χ0n) is 11.6. The van der Waals surface area contributed by atoms with Crippen LogP contribution in [0, 0.1) is 0 Å². The summed E-state index contributed by atoms with van der Waals surface area (Å²) in [5.41, 5.74) is 2.24. The molecule has 1 aromatic heterocycles. The van der Waals surface area contributed by atoms with Gasteiger partial charge < -0.3 is 0 Å². The van der Waals surface area contributed by atoms with Crippen molar-refractivity contribution in [2.45, 2.75) is 31.4 Å². The monoisotopic (exact) mass is 325 g/mol. The third-order valence-electron chi connectivity index (χ3n) is 3.49. The van der Waals surface area contributed by atoms with E-state index < -0.39 is 10.0 Å². The number of hydrogen-bond acceptors (Lipinski definition) is 3. The molecule has 1 aromatic carbocycles. The number of anilines is 1. The van der Waals surface area contributed by atoms with Crippen molar-refractivity contribution in [2.75, 3.05) is 4.72 Å². The van der Waals surface area contributed by atoms with Crippen LogP contribution in [0.2, 0.25) is 5.02 Å². The van der Waals surface area contributed by atoms with Crippen LogP contribution in [0.25, 0.3) is 5.69 Å². The fourth-order valence-electron chi connectivity index (χ4n) is 2.22. The molecule has 1 aliphatic rings. The molecule has 0 bridgehead atoms. The summed E-state index contributed by atoms with van der Waals surface area (Å²) in [7, 11) is -3.27. The van der Waals surface area contributed by atoms with Gasteiger partial charge in [-0.15, -0.1) is 0 Å². The molecule has 1 N–H and O–H groups in total. The number of halogens is 1. The molecule has 0 radical (unpaired) electrons. The summed E-state index contributed by atoms with van der Waals surface area (Å²) in [5.74, 6) is 0. The number of sulfonamides is 1. The molecular formula is C14H16ClN3O2S. The smallest absolute Gasteiger partial charge is 0.235 e. The van der Waals surface area contributed by atoms with Gasteiger partial charge >= 0.3 is 0 Å². The molecular weight excluding hydrogens is 310 g/mol. The highest BCUT2D eigenvalue weighted by Gasteiger charge is 2.36. The summed E-state index contributed by atoms with van der Waals surface area (Å²) in [6.45, 7) is 1.97. The first-order valence-electron chi connectivity index (χ1n) is 6.85. The van der Waals surface area contributed by atoms with Gasteiger partial charge in [-0.25, -0.2) is 13.1 Å². The van der Waals surface area contributed by atoms with Crippen molar-refractivity contribution >= 4 is 27.3 Å². The van der Waals surface area contributed by atoms with Crippen molar-refractivity contribution < 1.29 is 8.42 Å². The second-order valence-electron chi connectivity index (χ2n) is 5.09. The van der Waals surface area contributed by atoms with Gasteiger partial charge in [0.1, 0.15) is 0 Å². The van der Waals surface area contributed by atoms with Crippen LogP contribution < -0.4 is 4.72 Å². The lowest BCUT2D eigenvalue weighted by Gasteiger charge is -2.09. The molecule has 0 atom stereocenters. The van der Waals surface area contributed by atoms with Gasteiger partial charge in [0.25, 0.3) is 0 Å².